The van der Waals surface area contributed by atoms with E-state index < -0.39 is 29.2 Å². The molecule has 10 heteroatoms. The third kappa shape index (κ3) is 4.02. The Morgan fingerprint density at radius 1 is 1.06 bits per heavy atom. The number of anilines is 2. The van der Waals surface area contributed by atoms with Crippen LogP contribution in [-0.4, -0.2) is 40.0 Å². The molecule has 2 N–H and O–H groups in total. The van der Waals surface area contributed by atoms with Crippen LogP contribution < -0.4 is 21.5 Å². The molecule has 4 rings (SSSR count). The molecule has 0 radical (unpaired) electrons. The number of H-pyrrole nitrogens is 1. The van der Waals surface area contributed by atoms with Crippen molar-refractivity contribution in [2.75, 3.05) is 16.8 Å². The fourth-order valence-electron chi connectivity index (χ4n) is 3.62. The molecule has 0 spiro atoms. The van der Waals surface area contributed by atoms with E-state index in [0.29, 0.717) is 22.3 Å². The number of nitrogens with zero attached hydrogens (tertiary/aromatic N) is 2. The van der Waals surface area contributed by atoms with Crippen molar-refractivity contribution in [3.8, 4) is 0 Å². The fourth-order valence-corrected chi connectivity index (χ4v) is 3.62. The number of fused-ring (bicyclic) bond motifs is 2. The van der Waals surface area contributed by atoms with Crippen LogP contribution in [0.3, 0.4) is 0 Å². The molecule has 0 fully saturated rings. The van der Waals surface area contributed by atoms with Gasteiger partial charge in [-0.25, -0.2) is 4.79 Å². The Morgan fingerprint density at radius 3 is 2.59 bits per heavy atom. The average molecular weight is 436 g/mol. The molecule has 3 aromatic rings. The summed E-state index contributed by atoms with van der Waals surface area (Å²) in [6.07, 6.45) is -1.32. The monoisotopic (exact) mass is 436 g/mol. The fraction of sp³-hybridized carbons (Fsp3) is 0.227. The maximum Gasteiger partial charge on any atom is 0.328 e. The minimum Gasteiger partial charge on any atom is -0.452 e. The van der Waals surface area contributed by atoms with Gasteiger partial charge in [0.05, 0.1) is 28.7 Å². The molecule has 1 aliphatic heterocycles. The molecule has 0 aliphatic carbocycles. The van der Waals surface area contributed by atoms with Gasteiger partial charge in [0, 0.05) is 6.54 Å². The highest BCUT2D eigenvalue weighted by molar-refractivity contribution is 6.11. The zero-order chi connectivity index (χ0) is 22.8. The summed E-state index contributed by atoms with van der Waals surface area (Å²) >= 11 is 0. The van der Waals surface area contributed by atoms with Gasteiger partial charge in [0.25, 0.3) is 11.5 Å². The zero-order valence-corrected chi connectivity index (χ0v) is 17.2. The number of carbonyl (C=O) groups is 3. The van der Waals surface area contributed by atoms with Crippen molar-refractivity contribution in [2.24, 2.45) is 0 Å². The minimum atomic E-state index is -1.13. The highest BCUT2D eigenvalue weighted by atomic mass is 16.5. The number of rotatable bonds is 5. The van der Waals surface area contributed by atoms with E-state index in [-0.39, 0.29) is 25.4 Å². The molecule has 0 saturated heterocycles. The number of para-hydroxylation sites is 3. The summed E-state index contributed by atoms with van der Waals surface area (Å²) in [7, 11) is 0. The number of hydrogen-bond donors (Lipinski definition) is 2. The van der Waals surface area contributed by atoms with Gasteiger partial charge in [0.15, 0.2) is 6.10 Å². The van der Waals surface area contributed by atoms with Gasteiger partial charge in [-0.3, -0.25) is 33.6 Å². The van der Waals surface area contributed by atoms with Crippen molar-refractivity contribution in [2.45, 2.75) is 26.0 Å². The van der Waals surface area contributed by atoms with Gasteiger partial charge < -0.3 is 10.1 Å². The predicted octanol–water partition coefficient (Wildman–Crippen LogP) is 0.997. The molecule has 1 aromatic heterocycles. The van der Waals surface area contributed by atoms with E-state index in [0.717, 1.165) is 0 Å². The number of hydrogen-bond acceptors (Lipinski definition) is 6. The maximum absolute atomic E-state index is 12.9. The Bertz CT molecular complexity index is 1340. The molecule has 1 unspecified atom stereocenters. The van der Waals surface area contributed by atoms with Crippen LogP contribution in [0.5, 0.6) is 0 Å². The molecule has 164 valence electrons. The standard InChI is InChI=1S/C22H20N4O6/c1-13(21(30)26-12-18(27)23-15-7-3-5-9-17(15)26)32-19(28)10-11-25-16-8-4-2-6-14(16)20(29)24-22(25)31/h2-9,13H,10-12H2,1H3,(H,23,27)(H,24,29,31). The first-order valence-electron chi connectivity index (χ1n) is 9.97. The maximum atomic E-state index is 12.9. The van der Waals surface area contributed by atoms with Crippen LogP contribution in [0.15, 0.2) is 58.1 Å². The highest BCUT2D eigenvalue weighted by Gasteiger charge is 2.31. The Labute approximate surface area is 181 Å². The average Bonchev–Trinajstić information content (AvgIpc) is 2.77. The van der Waals surface area contributed by atoms with E-state index in [9.17, 15) is 24.0 Å². The first-order valence-corrected chi connectivity index (χ1v) is 9.97. The normalized spacial score (nSPS) is 13.9. The Hall–Kier alpha value is -4.21. The van der Waals surface area contributed by atoms with Gasteiger partial charge in [-0.2, -0.15) is 0 Å². The first-order chi connectivity index (χ1) is 15.3. The third-order valence-electron chi connectivity index (χ3n) is 5.14. The Balaban J connectivity index is 1.45. The molecular formula is C22H20N4O6. The van der Waals surface area contributed by atoms with Gasteiger partial charge in [-0.1, -0.05) is 24.3 Å². The summed E-state index contributed by atoms with van der Waals surface area (Å²) in [5, 5.41) is 3.01. The van der Waals surface area contributed by atoms with E-state index in [1.165, 1.54) is 16.4 Å². The van der Waals surface area contributed by atoms with Gasteiger partial charge in [0.1, 0.15) is 6.54 Å². The second kappa shape index (κ2) is 8.50. The van der Waals surface area contributed by atoms with Crippen molar-refractivity contribution in [1.29, 1.82) is 0 Å². The quantitative estimate of drug-likeness (QED) is 0.574. The lowest BCUT2D eigenvalue weighted by Crippen LogP contribution is -2.47. The van der Waals surface area contributed by atoms with E-state index in [2.05, 4.69) is 10.3 Å². The molecule has 2 amide bonds. The summed E-state index contributed by atoms with van der Waals surface area (Å²) in [6.45, 7) is 1.21. The smallest absolute Gasteiger partial charge is 0.328 e. The number of nitrogens with one attached hydrogen (secondary N) is 2. The van der Waals surface area contributed by atoms with Crippen LogP contribution in [-0.2, 0) is 25.7 Å². The van der Waals surface area contributed by atoms with Crippen molar-refractivity contribution in [1.82, 2.24) is 9.55 Å². The molecule has 2 aromatic carbocycles. The molecule has 10 nitrogen and oxygen atoms in total. The second-order valence-corrected chi connectivity index (χ2v) is 7.30. The summed E-state index contributed by atoms with van der Waals surface area (Å²) in [4.78, 5) is 64.8. The molecule has 1 aliphatic rings. The summed E-state index contributed by atoms with van der Waals surface area (Å²) < 4.78 is 6.54. The lowest BCUT2D eigenvalue weighted by Gasteiger charge is -2.30. The van der Waals surface area contributed by atoms with E-state index in [1.54, 1.807) is 48.5 Å². The number of esters is 1. The van der Waals surface area contributed by atoms with Crippen molar-refractivity contribution >= 4 is 40.1 Å². The van der Waals surface area contributed by atoms with Crippen LogP contribution >= 0.6 is 0 Å². The van der Waals surface area contributed by atoms with E-state index >= 15 is 0 Å². The first kappa shape index (κ1) is 21.0. The van der Waals surface area contributed by atoms with E-state index in [4.69, 9.17) is 4.74 Å². The van der Waals surface area contributed by atoms with Crippen LogP contribution in [0.2, 0.25) is 0 Å². The van der Waals surface area contributed by atoms with Crippen LogP contribution in [0, 0.1) is 0 Å². The topological polar surface area (TPSA) is 131 Å². The molecule has 0 bridgehead atoms. The molecule has 0 saturated carbocycles. The van der Waals surface area contributed by atoms with Gasteiger partial charge in [-0.15, -0.1) is 0 Å². The van der Waals surface area contributed by atoms with Crippen LogP contribution in [0.25, 0.3) is 10.9 Å². The largest absolute Gasteiger partial charge is 0.452 e. The summed E-state index contributed by atoms with van der Waals surface area (Å²) in [6, 6.07) is 13.4. The SMILES string of the molecule is CC(OC(=O)CCn1c(=O)[nH]c(=O)c2ccccc21)C(=O)N1CC(=O)Nc2ccccc21. The number of aromatic nitrogens is 2. The highest BCUT2D eigenvalue weighted by Crippen LogP contribution is 2.29. The molecular weight excluding hydrogens is 416 g/mol. The molecule has 1 atom stereocenters. The summed E-state index contributed by atoms with van der Waals surface area (Å²) in [5.41, 5.74) is 0.274. The number of aromatic amines is 1. The number of benzene rings is 2. The molecule has 2 heterocycles. The van der Waals surface area contributed by atoms with Gasteiger partial charge in [-0.05, 0) is 31.2 Å². The Kier molecular flexibility index (Phi) is 5.59. The lowest BCUT2D eigenvalue weighted by molar-refractivity contribution is -0.154. The number of aryl methyl sites for hydroxylation is 1. The zero-order valence-electron chi connectivity index (χ0n) is 17.2. The summed E-state index contributed by atoms with van der Waals surface area (Å²) in [5.74, 6) is -1.57. The number of amides is 2. The van der Waals surface area contributed by atoms with Crippen molar-refractivity contribution in [3.05, 3.63) is 69.4 Å². The van der Waals surface area contributed by atoms with Crippen molar-refractivity contribution in [3.63, 3.8) is 0 Å². The second-order valence-electron chi connectivity index (χ2n) is 7.30. The predicted molar refractivity (Wildman–Crippen MR) is 116 cm³/mol. The number of ether oxygens (including phenoxy) is 1. The third-order valence-corrected chi connectivity index (χ3v) is 5.14. The Morgan fingerprint density at radius 2 is 1.78 bits per heavy atom. The lowest BCUT2D eigenvalue weighted by atomic mass is 10.1. The molecule has 32 heavy (non-hydrogen) atoms. The van der Waals surface area contributed by atoms with Gasteiger partial charge >= 0.3 is 11.7 Å². The minimum absolute atomic E-state index is 0.0369. The van der Waals surface area contributed by atoms with Crippen LogP contribution in [0.1, 0.15) is 13.3 Å². The van der Waals surface area contributed by atoms with Crippen molar-refractivity contribution < 1.29 is 19.1 Å². The van der Waals surface area contributed by atoms with E-state index in [1.807, 2.05) is 0 Å². The van der Waals surface area contributed by atoms with Gasteiger partial charge in [0.2, 0.25) is 5.91 Å². The van der Waals surface area contributed by atoms with Crippen LogP contribution in [0.4, 0.5) is 11.4 Å². The number of carbonyl (C=O) groups excluding carboxylic acids is 3.